The van der Waals surface area contributed by atoms with E-state index in [0.29, 0.717) is 0 Å². The first kappa shape index (κ1) is 38.6. The van der Waals surface area contributed by atoms with Crippen molar-refractivity contribution >= 4 is 17.1 Å². The third-order valence-corrected chi connectivity index (χ3v) is 13.7. The lowest BCUT2D eigenvalue weighted by Gasteiger charge is -2.38. The number of anilines is 3. The zero-order chi connectivity index (χ0) is 40.9. The molecule has 1 fully saturated rings. The highest BCUT2D eigenvalue weighted by atomic mass is 15.1. The fraction of sp³-hybridized carbons (Fsp3) is 0.241. The first-order valence-corrected chi connectivity index (χ1v) is 21.7. The molecule has 1 nitrogen and oxygen atoms in total. The second-order valence-corrected chi connectivity index (χ2v) is 18.7. The number of nitrogens with zero attached hydrogens (tertiary/aromatic N) is 1. The van der Waals surface area contributed by atoms with E-state index in [1.807, 2.05) is 0 Å². The fourth-order valence-corrected chi connectivity index (χ4v) is 10.0. The van der Waals surface area contributed by atoms with Gasteiger partial charge in [-0.05, 0) is 146 Å². The Kier molecular flexibility index (Phi) is 9.83. The molecule has 2 aliphatic carbocycles. The molecule has 2 aliphatic rings. The lowest BCUT2D eigenvalue weighted by Crippen LogP contribution is -2.28. The molecular formula is C58H57N. The minimum Gasteiger partial charge on any atom is -0.310 e. The molecule has 59 heavy (non-hydrogen) atoms. The Hall–Kier alpha value is -5.92. The van der Waals surface area contributed by atoms with E-state index in [1.165, 1.54) is 91.6 Å². The van der Waals surface area contributed by atoms with Crippen molar-refractivity contribution in [3.05, 3.63) is 198 Å². The molecular weight excluding hydrogens is 711 g/mol. The Bertz CT molecular complexity index is 2620. The third-order valence-electron chi connectivity index (χ3n) is 13.7. The van der Waals surface area contributed by atoms with Crippen LogP contribution in [0.5, 0.6) is 0 Å². The van der Waals surface area contributed by atoms with Gasteiger partial charge in [0.2, 0.25) is 0 Å². The van der Waals surface area contributed by atoms with Gasteiger partial charge in [0, 0.05) is 22.5 Å². The Labute approximate surface area is 353 Å². The van der Waals surface area contributed by atoms with E-state index in [2.05, 4.69) is 217 Å². The van der Waals surface area contributed by atoms with Crippen LogP contribution in [-0.4, -0.2) is 0 Å². The van der Waals surface area contributed by atoms with Crippen LogP contribution >= 0.6 is 0 Å². The average molecular weight is 768 g/mol. The highest BCUT2D eigenvalue weighted by molar-refractivity contribution is 5.86. The van der Waals surface area contributed by atoms with Crippen LogP contribution in [-0.2, 0) is 16.2 Å². The van der Waals surface area contributed by atoms with E-state index in [0.717, 1.165) is 29.9 Å². The Morgan fingerprint density at radius 3 is 1.51 bits per heavy atom. The number of fused-ring (bicyclic) bond motifs is 3. The van der Waals surface area contributed by atoms with Crippen LogP contribution in [0.15, 0.2) is 176 Å². The lowest BCUT2D eigenvalue weighted by atomic mass is 9.66. The molecule has 0 amide bonds. The van der Waals surface area contributed by atoms with Gasteiger partial charge in [0.1, 0.15) is 0 Å². The Morgan fingerprint density at radius 1 is 0.542 bits per heavy atom. The number of benzene rings is 7. The summed E-state index contributed by atoms with van der Waals surface area (Å²) in [5.74, 6) is 0. The molecule has 1 saturated carbocycles. The van der Waals surface area contributed by atoms with Gasteiger partial charge in [-0.15, -0.1) is 0 Å². The van der Waals surface area contributed by atoms with Crippen molar-refractivity contribution in [1.29, 1.82) is 0 Å². The summed E-state index contributed by atoms with van der Waals surface area (Å²) < 4.78 is 0. The average Bonchev–Trinajstić information content (AvgIpc) is 3.49. The van der Waals surface area contributed by atoms with Crippen molar-refractivity contribution in [2.45, 2.75) is 89.9 Å². The molecule has 0 saturated heterocycles. The molecule has 9 rings (SSSR count). The number of hydrogen-bond donors (Lipinski definition) is 0. The molecule has 0 radical (unpaired) electrons. The van der Waals surface area contributed by atoms with E-state index < -0.39 is 0 Å². The van der Waals surface area contributed by atoms with Gasteiger partial charge in [-0.3, -0.25) is 0 Å². The van der Waals surface area contributed by atoms with Crippen LogP contribution in [0, 0.1) is 0 Å². The number of allylic oxidation sites excluding steroid dienone is 1. The highest BCUT2D eigenvalue weighted by Crippen LogP contribution is 2.51. The Morgan fingerprint density at radius 2 is 1.00 bits per heavy atom. The maximum Gasteiger partial charge on any atom is 0.0465 e. The molecule has 0 spiro atoms. The third kappa shape index (κ3) is 7.16. The summed E-state index contributed by atoms with van der Waals surface area (Å²) in [6, 6.07) is 61.6. The van der Waals surface area contributed by atoms with Crippen LogP contribution in [0.2, 0.25) is 0 Å². The summed E-state index contributed by atoms with van der Waals surface area (Å²) in [6.07, 6.45) is 5.96. The molecule has 7 aromatic rings. The largest absolute Gasteiger partial charge is 0.310 e. The van der Waals surface area contributed by atoms with Crippen LogP contribution < -0.4 is 4.90 Å². The number of rotatable bonds is 8. The summed E-state index contributed by atoms with van der Waals surface area (Å²) in [5, 5.41) is 0. The summed E-state index contributed by atoms with van der Waals surface area (Å²) >= 11 is 0. The fourth-order valence-electron chi connectivity index (χ4n) is 10.0. The quantitative estimate of drug-likeness (QED) is 0.139. The summed E-state index contributed by atoms with van der Waals surface area (Å²) in [6.45, 7) is 18.2. The maximum absolute atomic E-state index is 4.36. The Balaban J connectivity index is 1.02. The van der Waals surface area contributed by atoms with Crippen molar-refractivity contribution in [3.8, 4) is 44.5 Å². The minimum atomic E-state index is -0.0859. The summed E-state index contributed by atoms with van der Waals surface area (Å²) in [7, 11) is 0. The molecule has 0 N–H and O–H groups in total. The second kappa shape index (κ2) is 15.0. The zero-order valence-corrected chi connectivity index (χ0v) is 35.8. The van der Waals surface area contributed by atoms with Gasteiger partial charge in [0.15, 0.2) is 0 Å². The van der Waals surface area contributed by atoms with Crippen LogP contribution in [0.1, 0.15) is 95.9 Å². The topological polar surface area (TPSA) is 3.24 Å². The van der Waals surface area contributed by atoms with Gasteiger partial charge in [-0.1, -0.05) is 181 Å². The van der Waals surface area contributed by atoms with Crippen LogP contribution in [0.4, 0.5) is 17.1 Å². The van der Waals surface area contributed by atoms with Gasteiger partial charge >= 0.3 is 0 Å². The molecule has 0 aliphatic heterocycles. The summed E-state index contributed by atoms with van der Waals surface area (Å²) in [5.41, 5.74) is 20.7. The van der Waals surface area contributed by atoms with Crippen LogP contribution in [0.25, 0.3) is 44.5 Å². The SMILES string of the molecule is C=C1CCCC(CC)(c2ccc(-c3ccc(-c4ccc(N(c5ccc(-c6ccc(C(C)(C)C)cc6)cc5)c5ccc6c(c5)C(C)(C)c5ccccc5-6)cc4)cc3)cc2)C1. The van der Waals surface area contributed by atoms with Crippen molar-refractivity contribution in [2.24, 2.45) is 0 Å². The lowest BCUT2D eigenvalue weighted by molar-refractivity contribution is 0.330. The normalized spacial score (nSPS) is 17.0. The predicted molar refractivity (Wildman–Crippen MR) is 253 cm³/mol. The monoisotopic (exact) mass is 767 g/mol. The minimum absolute atomic E-state index is 0.0859. The van der Waals surface area contributed by atoms with Crippen molar-refractivity contribution < 1.29 is 0 Å². The van der Waals surface area contributed by atoms with Crippen molar-refractivity contribution in [3.63, 3.8) is 0 Å². The van der Waals surface area contributed by atoms with Crippen LogP contribution in [0.3, 0.4) is 0 Å². The van der Waals surface area contributed by atoms with Gasteiger partial charge < -0.3 is 4.90 Å². The highest BCUT2D eigenvalue weighted by Gasteiger charge is 2.36. The van der Waals surface area contributed by atoms with Gasteiger partial charge in [0.05, 0.1) is 0 Å². The van der Waals surface area contributed by atoms with E-state index in [4.69, 9.17) is 0 Å². The van der Waals surface area contributed by atoms with E-state index >= 15 is 0 Å². The zero-order valence-electron chi connectivity index (χ0n) is 35.8. The second-order valence-electron chi connectivity index (χ2n) is 18.7. The molecule has 294 valence electrons. The van der Waals surface area contributed by atoms with E-state index in [1.54, 1.807) is 0 Å². The smallest absolute Gasteiger partial charge is 0.0465 e. The van der Waals surface area contributed by atoms with Gasteiger partial charge in [-0.2, -0.15) is 0 Å². The molecule has 0 aromatic heterocycles. The molecule has 7 aromatic carbocycles. The molecule has 0 heterocycles. The summed E-state index contributed by atoms with van der Waals surface area (Å²) in [4.78, 5) is 2.41. The first-order chi connectivity index (χ1) is 28.4. The first-order valence-electron chi connectivity index (χ1n) is 21.7. The van der Waals surface area contributed by atoms with Crippen molar-refractivity contribution in [1.82, 2.24) is 0 Å². The maximum atomic E-state index is 4.36. The van der Waals surface area contributed by atoms with E-state index in [9.17, 15) is 0 Å². The standard InChI is InChI=1S/C58H57N/c1-8-58(37-11-12-40(2)39-58)48-29-21-44(22-30-48)41-15-17-42(18-16-41)45-23-31-49(32-24-45)59(50-33-25-46(26-34-50)43-19-27-47(28-20-43)56(3,4)5)51-35-36-53-52-13-9-10-14-54(52)57(6,7)55(53)38-51/h9-10,13-36,38H,2,8,11-12,37,39H2,1,3-7H3. The predicted octanol–water partition coefficient (Wildman–Crippen LogP) is 16.5. The van der Waals surface area contributed by atoms with Gasteiger partial charge in [0.25, 0.3) is 0 Å². The van der Waals surface area contributed by atoms with Crippen molar-refractivity contribution in [2.75, 3.05) is 4.90 Å². The van der Waals surface area contributed by atoms with E-state index in [-0.39, 0.29) is 16.2 Å². The number of hydrogen-bond acceptors (Lipinski definition) is 1. The molecule has 1 unspecified atom stereocenters. The molecule has 1 heteroatoms. The van der Waals surface area contributed by atoms with Gasteiger partial charge in [-0.25, -0.2) is 0 Å². The molecule has 0 bridgehead atoms. The molecule has 1 atom stereocenters.